The number of anilines is 1. The summed E-state index contributed by atoms with van der Waals surface area (Å²) in [6.07, 6.45) is 0. The lowest BCUT2D eigenvalue weighted by Crippen LogP contribution is -2.41. The van der Waals surface area contributed by atoms with Crippen LogP contribution in [-0.2, 0) is 19.5 Å². The maximum absolute atomic E-state index is 12.9. The molecular weight excluding hydrogens is 434 g/mol. The summed E-state index contributed by atoms with van der Waals surface area (Å²) in [6.45, 7) is 3.31. The van der Waals surface area contributed by atoms with Crippen molar-refractivity contribution in [2.75, 3.05) is 57.9 Å². The first-order valence-electron chi connectivity index (χ1n) is 10.4. The molecule has 0 spiro atoms. The average Bonchev–Trinajstić information content (AvgIpc) is 2.85. The monoisotopic (exact) mass is 459 g/mol. The number of sulfonamides is 1. The van der Waals surface area contributed by atoms with Crippen molar-refractivity contribution in [1.29, 1.82) is 0 Å². The Morgan fingerprint density at radius 3 is 2.06 bits per heavy atom. The predicted octanol–water partition coefficient (Wildman–Crippen LogP) is 1.43. The van der Waals surface area contributed by atoms with Crippen LogP contribution in [0.2, 0.25) is 0 Å². The van der Waals surface area contributed by atoms with Gasteiger partial charge in [-0.25, -0.2) is 8.42 Å². The maximum Gasteiger partial charge on any atom is 0.256 e. The number of amides is 2. The number of ether oxygens (including phenoxy) is 2. The van der Waals surface area contributed by atoms with E-state index >= 15 is 0 Å². The quantitative estimate of drug-likeness (QED) is 0.725. The minimum atomic E-state index is -3.63. The van der Waals surface area contributed by atoms with Gasteiger partial charge in [-0.3, -0.25) is 9.59 Å². The molecule has 9 nitrogen and oxygen atoms in total. The molecule has 2 amide bonds. The zero-order valence-electron chi connectivity index (χ0n) is 17.5. The Labute approximate surface area is 187 Å². The molecule has 0 aromatic heterocycles. The minimum Gasteiger partial charge on any atom is -0.379 e. The smallest absolute Gasteiger partial charge is 0.256 e. The molecule has 0 bridgehead atoms. The molecule has 4 rings (SSSR count). The third kappa shape index (κ3) is 4.83. The van der Waals surface area contributed by atoms with Gasteiger partial charge in [0, 0.05) is 31.7 Å². The van der Waals surface area contributed by atoms with Gasteiger partial charge in [-0.05, 0) is 36.4 Å². The van der Waals surface area contributed by atoms with E-state index < -0.39 is 15.9 Å². The van der Waals surface area contributed by atoms with E-state index in [9.17, 15) is 18.0 Å². The number of hydrogen-bond acceptors (Lipinski definition) is 6. The second-order valence-electron chi connectivity index (χ2n) is 7.45. The lowest BCUT2D eigenvalue weighted by Gasteiger charge is -2.27. The summed E-state index contributed by atoms with van der Waals surface area (Å²) in [5.74, 6) is -0.598. The number of para-hydroxylation sites is 1. The van der Waals surface area contributed by atoms with Crippen molar-refractivity contribution in [2.45, 2.75) is 4.90 Å². The summed E-state index contributed by atoms with van der Waals surface area (Å²) in [5, 5.41) is 2.77. The van der Waals surface area contributed by atoms with Crippen molar-refractivity contribution < 1.29 is 27.5 Å². The van der Waals surface area contributed by atoms with E-state index in [-0.39, 0.29) is 10.8 Å². The topological polar surface area (TPSA) is 105 Å². The van der Waals surface area contributed by atoms with Crippen molar-refractivity contribution in [3.8, 4) is 0 Å². The van der Waals surface area contributed by atoms with E-state index in [1.54, 1.807) is 29.2 Å². The highest BCUT2D eigenvalue weighted by atomic mass is 32.2. The lowest BCUT2D eigenvalue weighted by atomic mass is 10.1. The molecule has 170 valence electrons. The number of nitrogens with one attached hydrogen (secondary N) is 1. The van der Waals surface area contributed by atoms with Gasteiger partial charge in [0.15, 0.2) is 0 Å². The second-order valence-corrected chi connectivity index (χ2v) is 9.38. The number of carbonyl (C=O) groups is 2. The highest BCUT2D eigenvalue weighted by Crippen LogP contribution is 2.21. The summed E-state index contributed by atoms with van der Waals surface area (Å²) in [4.78, 5) is 27.5. The fourth-order valence-corrected chi connectivity index (χ4v) is 5.03. The van der Waals surface area contributed by atoms with E-state index in [2.05, 4.69) is 5.32 Å². The largest absolute Gasteiger partial charge is 0.379 e. The molecule has 0 radical (unpaired) electrons. The van der Waals surface area contributed by atoms with Gasteiger partial charge in [0.25, 0.3) is 11.8 Å². The molecule has 0 saturated carbocycles. The molecule has 32 heavy (non-hydrogen) atoms. The number of carbonyl (C=O) groups excluding carboxylic acids is 2. The zero-order chi connectivity index (χ0) is 22.6. The van der Waals surface area contributed by atoms with Crippen molar-refractivity contribution in [3.05, 3.63) is 59.7 Å². The van der Waals surface area contributed by atoms with Crippen LogP contribution in [0.15, 0.2) is 53.4 Å². The third-order valence-corrected chi connectivity index (χ3v) is 7.34. The lowest BCUT2D eigenvalue weighted by molar-refractivity contribution is 0.0303. The Morgan fingerprint density at radius 2 is 1.41 bits per heavy atom. The molecule has 1 N–H and O–H groups in total. The molecule has 2 aromatic rings. The summed E-state index contributed by atoms with van der Waals surface area (Å²) >= 11 is 0. The van der Waals surface area contributed by atoms with Crippen molar-refractivity contribution in [3.63, 3.8) is 0 Å². The highest BCUT2D eigenvalue weighted by Gasteiger charge is 2.26. The van der Waals surface area contributed by atoms with Crippen LogP contribution in [0.25, 0.3) is 0 Å². The van der Waals surface area contributed by atoms with Crippen molar-refractivity contribution in [1.82, 2.24) is 9.21 Å². The summed E-state index contributed by atoms with van der Waals surface area (Å²) in [6, 6.07) is 12.6. The second kappa shape index (κ2) is 9.78. The van der Waals surface area contributed by atoms with Crippen LogP contribution in [0.5, 0.6) is 0 Å². The number of hydrogen-bond donors (Lipinski definition) is 1. The van der Waals surface area contributed by atoms with E-state index in [0.29, 0.717) is 69.4 Å². The summed E-state index contributed by atoms with van der Waals surface area (Å²) in [5.41, 5.74) is 1.09. The molecule has 2 aliphatic rings. The Balaban J connectivity index is 1.48. The molecule has 2 aliphatic heterocycles. The normalized spacial score (nSPS) is 17.7. The maximum atomic E-state index is 12.9. The Bertz CT molecular complexity index is 1080. The van der Waals surface area contributed by atoms with Gasteiger partial charge in [-0.1, -0.05) is 12.1 Å². The number of rotatable bonds is 5. The van der Waals surface area contributed by atoms with Crippen LogP contribution < -0.4 is 5.32 Å². The highest BCUT2D eigenvalue weighted by molar-refractivity contribution is 7.89. The predicted molar refractivity (Wildman–Crippen MR) is 117 cm³/mol. The van der Waals surface area contributed by atoms with Crippen LogP contribution in [0.1, 0.15) is 20.7 Å². The molecule has 2 heterocycles. The van der Waals surface area contributed by atoms with Crippen LogP contribution in [0, 0.1) is 0 Å². The van der Waals surface area contributed by atoms with Crippen molar-refractivity contribution >= 4 is 27.5 Å². The summed E-state index contributed by atoms with van der Waals surface area (Å²) in [7, 11) is -3.63. The van der Waals surface area contributed by atoms with E-state index in [0.717, 1.165) is 0 Å². The standard InChI is InChI=1S/C22H25N3O6S/c26-21(17-5-7-18(8-6-17)32(28,29)25-11-15-31-16-12-25)23-20-4-2-1-3-19(20)22(27)24-9-13-30-14-10-24/h1-8H,9-16H2,(H,23,26). The first kappa shape index (κ1) is 22.4. The average molecular weight is 460 g/mol. The fraction of sp³-hybridized carbons (Fsp3) is 0.364. The Morgan fingerprint density at radius 1 is 0.812 bits per heavy atom. The molecule has 2 aromatic carbocycles. The van der Waals surface area contributed by atoms with Gasteiger partial charge < -0.3 is 19.7 Å². The van der Waals surface area contributed by atoms with Gasteiger partial charge in [0.1, 0.15) is 0 Å². The van der Waals surface area contributed by atoms with Crippen LogP contribution in [0.4, 0.5) is 5.69 Å². The molecular formula is C22H25N3O6S. The molecule has 2 saturated heterocycles. The van der Waals surface area contributed by atoms with Crippen LogP contribution in [-0.4, -0.2) is 82.0 Å². The number of morpholine rings is 2. The minimum absolute atomic E-state index is 0.124. The number of benzene rings is 2. The fourth-order valence-electron chi connectivity index (χ4n) is 3.62. The van der Waals surface area contributed by atoms with Gasteiger partial charge in [-0.15, -0.1) is 0 Å². The van der Waals surface area contributed by atoms with E-state index in [4.69, 9.17) is 9.47 Å². The Kier molecular flexibility index (Phi) is 6.85. The van der Waals surface area contributed by atoms with Gasteiger partial charge in [0.2, 0.25) is 10.0 Å². The SMILES string of the molecule is O=C(Nc1ccccc1C(=O)N1CCOCC1)c1ccc(S(=O)(=O)N2CCOCC2)cc1. The van der Waals surface area contributed by atoms with Gasteiger partial charge in [0.05, 0.1) is 42.6 Å². The molecule has 0 unspecified atom stereocenters. The van der Waals surface area contributed by atoms with Gasteiger partial charge in [-0.2, -0.15) is 4.31 Å². The third-order valence-electron chi connectivity index (χ3n) is 5.43. The van der Waals surface area contributed by atoms with Crippen LogP contribution in [0.3, 0.4) is 0 Å². The molecule has 0 atom stereocenters. The Hall–Kier alpha value is -2.79. The number of nitrogens with zero attached hydrogens (tertiary/aromatic N) is 2. The first-order chi connectivity index (χ1) is 15.5. The first-order valence-corrected chi connectivity index (χ1v) is 11.9. The molecule has 2 fully saturated rings. The van der Waals surface area contributed by atoms with E-state index in [1.807, 2.05) is 0 Å². The molecule has 10 heteroatoms. The summed E-state index contributed by atoms with van der Waals surface area (Å²) < 4.78 is 37.4. The van der Waals surface area contributed by atoms with Crippen LogP contribution >= 0.6 is 0 Å². The van der Waals surface area contributed by atoms with Gasteiger partial charge >= 0.3 is 0 Å². The zero-order valence-corrected chi connectivity index (χ0v) is 18.3. The molecule has 0 aliphatic carbocycles. The van der Waals surface area contributed by atoms with Crippen molar-refractivity contribution in [2.24, 2.45) is 0 Å². The van der Waals surface area contributed by atoms with E-state index in [1.165, 1.54) is 28.6 Å².